The Morgan fingerprint density at radius 3 is 2.41 bits per heavy atom. The molecule has 0 aromatic heterocycles. The largest absolute Gasteiger partial charge is 0.489 e. The third-order valence-electron chi connectivity index (χ3n) is 6.61. The smallest absolute Gasteiger partial charge is 0.407 e. The van der Waals surface area contributed by atoms with Crippen LogP contribution in [-0.4, -0.2) is 62.9 Å². The molecule has 0 spiro atoms. The van der Waals surface area contributed by atoms with Gasteiger partial charge < -0.3 is 19.7 Å². The van der Waals surface area contributed by atoms with Crippen LogP contribution in [0.3, 0.4) is 0 Å². The van der Waals surface area contributed by atoms with E-state index in [9.17, 15) is 22.4 Å². The highest BCUT2D eigenvalue weighted by molar-refractivity contribution is 7.91. The summed E-state index contributed by atoms with van der Waals surface area (Å²) in [5.41, 5.74) is -0.470. The third-order valence-corrected chi connectivity index (χ3v) is 8.51. The van der Waals surface area contributed by atoms with E-state index in [0.717, 1.165) is 38.5 Å². The molecule has 1 saturated heterocycles. The molecule has 2 fully saturated rings. The standard InChI is InChI=1S/C27H39FN2O6S/c1-27(2,3)36-26(32)29-16-21(15-28)18-35-23-10-12-24(13-11-23)37(33,34)19-20-7-6-14-30(17-20)25(31)22-8-4-5-9-22/h10-13,15,20,22H,4-9,14,16-19H2,1-3H3,(H,29,32)/b21-15+. The number of amides is 2. The lowest BCUT2D eigenvalue weighted by molar-refractivity contribution is -0.137. The van der Waals surface area contributed by atoms with Crippen LogP contribution in [0.15, 0.2) is 41.1 Å². The minimum Gasteiger partial charge on any atom is -0.489 e. The van der Waals surface area contributed by atoms with Gasteiger partial charge in [-0.15, -0.1) is 0 Å². The van der Waals surface area contributed by atoms with E-state index in [1.807, 2.05) is 4.90 Å². The number of hydrogen-bond acceptors (Lipinski definition) is 6. The molecule has 10 heteroatoms. The Morgan fingerprint density at radius 2 is 1.78 bits per heavy atom. The Labute approximate surface area is 219 Å². The van der Waals surface area contributed by atoms with E-state index in [4.69, 9.17) is 9.47 Å². The van der Waals surface area contributed by atoms with Gasteiger partial charge in [0.1, 0.15) is 18.0 Å². The molecule has 2 aliphatic rings. The van der Waals surface area contributed by atoms with Crippen molar-refractivity contribution in [2.75, 3.05) is 32.0 Å². The number of rotatable bonds is 9. The molecule has 1 atom stereocenters. The number of benzene rings is 1. The fourth-order valence-corrected chi connectivity index (χ4v) is 6.41. The number of piperidine rings is 1. The first-order chi connectivity index (χ1) is 17.5. The molecule has 37 heavy (non-hydrogen) atoms. The van der Waals surface area contributed by atoms with E-state index in [1.165, 1.54) is 24.3 Å². The van der Waals surface area contributed by atoms with Crippen molar-refractivity contribution >= 4 is 21.8 Å². The van der Waals surface area contributed by atoms with Crippen LogP contribution in [-0.2, 0) is 19.4 Å². The zero-order valence-electron chi connectivity index (χ0n) is 22.0. The predicted molar refractivity (Wildman–Crippen MR) is 139 cm³/mol. The molecule has 0 bridgehead atoms. The van der Waals surface area contributed by atoms with Gasteiger partial charge in [-0.1, -0.05) is 12.8 Å². The van der Waals surface area contributed by atoms with Gasteiger partial charge in [0.25, 0.3) is 0 Å². The lowest BCUT2D eigenvalue weighted by Crippen LogP contribution is -2.44. The van der Waals surface area contributed by atoms with Gasteiger partial charge in [-0.2, -0.15) is 0 Å². The van der Waals surface area contributed by atoms with Gasteiger partial charge >= 0.3 is 6.09 Å². The number of nitrogens with zero attached hydrogens (tertiary/aromatic N) is 1. The minimum atomic E-state index is -3.54. The maximum Gasteiger partial charge on any atom is 0.407 e. The number of hydrogen-bond donors (Lipinski definition) is 1. The van der Waals surface area contributed by atoms with Crippen LogP contribution < -0.4 is 10.1 Å². The number of ether oxygens (including phenoxy) is 2. The van der Waals surface area contributed by atoms with Crippen molar-refractivity contribution in [2.24, 2.45) is 11.8 Å². The number of nitrogens with one attached hydrogen (secondary N) is 1. The quantitative estimate of drug-likeness (QED) is 0.491. The van der Waals surface area contributed by atoms with Crippen LogP contribution in [0.25, 0.3) is 0 Å². The van der Waals surface area contributed by atoms with Crippen molar-refractivity contribution in [1.82, 2.24) is 10.2 Å². The lowest BCUT2D eigenvalue weighted by atomic mass is 9.97. The molecule has 2 amide bonds. The van der Waals surface area contributed by atoms with Gasteiger partial charge in [0.2, 0.25) is 5.91 Å². The average Bonchev–Trinajstić information content (AvgIpc) is 3.38. The molecule has 206 valence electrons. The highest BCUT2D eigenvalue weighted by atomic mass is 32.2. The Hall–Kier alpha value is -2.62. The molecule has 0 radical (unpaired) electrons. The zero-order valence-corrected chi connectivity index (χ0v) is 22.8. The maximum atomic E-state index is 13.2. The Balaban J connectivity index is 1.49. The summed E-state index contributed by atoms with van der Waals surface area (Å²) in [7, 11) is -3.54. The van der Waals surface area contributed by atoms with Gasteiger partial charge in [-0.25, -0.2) is 17.6 Å². The van der Waals surface area contributed by atoms with Crippen LogP contribution in [0, 0.1) is 11.8 Å². The van der Waals surface area contributed by atoms with Crippen molar-refractivity contribution in [3.8, 4) is 5.75 Å². The van der Waals surface area contributed by atoms with Gasteiger partial charge in [-0.3, -0.25) is 4.79 Å². The highest BCUT2D eigenvalue weighted by Crippen LogP contribution is 2.29. The van der Waals surface area contributed by atoms with Gasteiger partial charge in [0.15, 0.2) is 9.84 Å². The number of carbonyl (C=O) groups excluding carboxylic acids is 2. The second-order valence-corrected chi connectivity index (χ2v) is 13.0. The molecule has 1 aliphatic carbocycles. The normalized spacial score (nSPS) is 19.5. The fraction of sp³-hybridized carbons (Fsp3) is 0.630. The van der Waals surface area contributed by atoms with Crippen LogP contribution in [0.1, 0.15) is 59.3 Å². The van der Waals surface area contributed by atoms with E-state index in [1.54, 1.807) is 20.8 Å². The van der Waals surface area contributed by atoms with Crippen LogP contribution in [0.4, 0.5) is 9.18 Å². The summed E-state index contributed by atoms with van der Waals surface area (Å²) >= 11 is 0. The molecule has 3 rings (SSSR count). The molecular formula is C27H39FN2O6S. The van der Waals surface area contributed by atoms with Crippen LogP contribution >= 0.6 is 0 Å². The SMILES string of the molecule is CC(C)(C)OC(=O)NC/C(=C\F)COc1ccc(S(=O)(=O)CC2CCCN(C(=O)C3CCCC3)C2)cc1. The third kappa shape index (κ3) is 9.02. The molecule has 8 nitrogen and oxygen atoms in total. The summed E-state index contributed by atoms with van der Waals surface area (Å²) in [5, 5.41) is 2.47. The van der Waals surface area contributed by atoms with E-state index < -0.39 is 21.5 Å². The molecular weight excluding hydrogens is 499 g/mol. The average molecular weight is 539 g/mol. The number of likely N-dealkylation sites (tertiary alicyclic amines) is 1. The summed E-state index contributed by atoms with van der Waals surface area (Å²) in [4.78, 5) is 26.6. The van der Waals surface area contributed by atoms with Crippen molar-refractivity contribution in [1.29, 1.82) is 0 Å². The van der Waals surface area contributed by atoms with Gasteiger partial charge in [0.05, 0.1) is 17.0 Å². The second kappa shape index (κ2) is 12.8. The van der Waals surface area contributed by atoms with Gasteiger partial charge in [0, 0.05) is 31.1 Å². The molecule has 1 saturated carbocycles. The van der Waals surface area contributed by atoms with Crippen molar-refractivity contribution < 1.29 is 31.9 Å². The monoisotopic (exact) mass is 538 g/mol. The summed E-state index contributed by atoms with van der Waals surface area (Å²) < 4.78 is 50.0. The predicted octanol–water partition coefficient (Wildman–Crippen LogP) is 4.65. The molecule has 1 N–H and O–H groups in total. The van der Waals surface area contributed by atoms with Crippen molar-refractivity contribution in [2.45, 2.75) is 69.8 Å². The lowest BCUT2D eigenvalue weighted by Gasteiger charge is -2.34. The van der Waals surface area contributed by atoms with Crippen molar-refractivity contribution in [3.05, 3.63) is 36.2 Å². The summed E-state index contributed by atoms with van der Waals surface area (Å²) in [5.74, 6) is 0.566. The van der Waals surface area contributed by atoms with E-state index in [-0.39, 0.29) is 47.1 Å². The first-order valence-corrected chi connectivity index (χ1v) is 14.6. The molecule has 1 unspecified atom stereocenters. The van der Waals surface area contributed by atoms with Crippen LogP contribution in [0.5, 0.6) is 5.75 Å². The molecule has 1 aromatic rings. The van der Waals surface area contributed by atoms with E-state index in [2.05, 4.69) is 5.32 Å². The maximum absolute atomic E-state index is 13.2. The first kappa shape index (κ1) is 28.9. The second-order valence-electron chi connectivity index (χ2n) is 10.9. The number of alkyl carbamates (subject to hydrolysis) is 1. The Kier molecular flexibility index (Phi) is 9.98. The van der Waals surface area contributed by atoms with Crippen molar-refractivity contribution in [3.63, 3.8) is 0 Å². The fourth-order valence-electron chi connectivity index (χ4n) is 4.78. The first-order valence-electron chi connectivity index (χ1n) is 13.0. The number of sulfone groups is 1. The summed E-state index contributed by atoms with van der Waals surface area (Å²) in [6.07, 6.45) is 5.37. The molecule has 1 aliphatic heterocycles. The summed E-state index contributed by atoms with van der Waals surface area (Å²) in [6.45, 7) is 6.19. The topological polar surface area (TPSA) is 102 Å². The van der Waals surface area contributed by atoms with Gasteiger partial charge in [-0.05, 0) is 76.6 Å². The molecule has 1 heterocycles. The number of halogens is 1. The van der Waals surface area contributed by atoms with Crippen LogP contribution in [0.2, 0.25) is 0 Å². The zero-order chi connectivity index (χ0) is 27.1. The van der Waals surface area contributed by atoms with E-state index >= 15 is 0 Å². The molecule has 1 aromatic carbocycles. The Morgan fingerprint density at radius 1 is 1.11 bits per heavy atom. The minimum absolute atomic E-state index is 0.00722. The Bertz CT molecular complexity index is 1060. The highest BCUT2D eigenvalue weighted by Gasteiger charge is 2.32. The summed E-state index contributed by atoms with van der Waals surface area (Å²) in [6, 6.07) is 6.01. The number of carbonyl (C=O) groups is 2. The van der Waals surface area contributed by atoms with E-state index in [0.29, 0.717) is 25.2 Å².